The van der Waals surface area contributed by atoms with Gasteiger partial charge in [-0.25, -0.2) is 4.39 Å². The van der Waals surface area contributed by atoms with Gasteiger partial charge in [-0.2, -0.15) is 0 Å². The second-order valence-corrected chi connectivity index (χ2v) is 10.6. The van der Waals surface area contributed by atoms with Gasteiger partial charge in [0.25, 0.3) is 0 Å². The van der Waals surface area contributed by atoms with E-state index in [4.69, 9.17) is 4.74 Å². The molecule has 0 aromatic heterocycles. The molecule has 5 heteroatoms. The van der Waals surface area contributed by atoms with Gasteiger partial charge in [0.05, 0.1) is 11.0 Å². The Morgan fingerprint density at radius 2 is 2.00 bits per heavy atom. The minimum absolute atomic E-state index is 0.0195. The van der Waals surface area contributed by atoms with Crippen molar-refractivity contribution in [1.29, 1.82) is 0 Å². The molecule has 2 bridgehead atoms. The number of hydrogen-bond acceptors (Lipinski definition) is 4. The average Bonchev–Trinajstić information content (AvgIpc) is 2.87. The number of nitrogens with zero attached hydrogens (tertiary/aromatic N) is 1. The Morgan fingerprint density at radius 3 is 2.61 bits per heavy atom. The lowest BCUT2D eigenvalue weighted by molar-refractivity contribution is -0.143. The molecular weight excluding hydrogens is 357 g/mol. The number of rotatable bonds is 4. The fourth-order valence-corrected chi connectivity index (χ4v) is 5.19. The molecule has 2 saturated carbocycles. The molecule has 1 aromatic carbocycles. The number of esters is 1. The molecule has 3 rings (SSSR count). The molecule has 4 unspecified atom stereocenters. The van der Waals surface area contributed by atoms with Crippen LogP contribution in [0.5, 0.6) is 5.75 Å². The normalized spacial score (nSPS) is 32.6. The highest BCUT2D eigenvalue weighted by atomic mass is 19.1. The van der Waals surface area contributed by atoms with Gasteiger partial charge in [0.1, 0.15) is 11.6 Å². The molecule has 28 heavy (non-hydrogen) atoms. The lowest BCUT2D eigenvalue weighted by Crippen LogP contribution is -2.49. The van der Waals surface area contributed by atoms with Crippen molar-refractivity contribution in [3.05, 3.63) is 29.6 Å². The number of carbonyl (C=O) groups excluding carboxylic acids is 1. The van der Waals surface area contributed by atoms with Crippen LogP contribution < -0.4 is 4.74 Å². The zero-order valence-electron chi connectivity index (χ0n) is 18.0. The summed E-state index contributed by atoms with van der Waals surface area (Å²) in [5, 5.41) is 11.9. The van der Waals surface area contributed by atoms with Crippen LogP contribution in [0.4, 0.5) is 4.39 Å². The minimum Gasteiger partial charge on any atom is -0.426 e. The zero-order valence-corrected chi connectivity index (χ0v) is 18.0. The Labute approximate surface area is 168 Å². The van der Waals surface area contributed by atoms with Crippen molar-refractivity contribution >= 4 is 5.97 Å². The van der Waals surface area contributed by atoms with Gasteiger partial charge < -0.3 is 14.7 Å². The highest BCUT2D eigenvalue weighted by Crippen LogP contribution is 2.60. The maximum absolute atomic E-state index is 14.5. The quantitative estimate of drug-likeness (QED) is 0.612. The standard InChI is InChI=1S/C23H34FNO3/c1-21(2,3)20(26)28-18-10-16(9-17(24)11-18)23(27)14-22(4)8-7-15(12-22)19(23)13-25(5)6/h9-11,15,19,27H,7-8,12-14H2,1-6H3. The molecule has 0 saturated heterocycles. The fourth-order valence-electron chi connectivity index (χ4n) is 5.19. The maximum atomic E-state index is 14.5. The first-order valence-electron chi connectivity index (χ1n) is 10.2. The summed E-state index contributed by atoms with van der Waals surface area (Å²) in [6.07, 6.45) is 3.89. The molecule has 0 amide bonds. The molecule has 2 aliphatic rings. The van der Waals surface area contributed by atoms with Crippen LogP contribution in [0.2, 0.25) is 0 Å². The van der Waals surface area contributed by atoms with E-state index in [0.29, 0.717) is 17.9 Å². The van der Waals surface area contributed by atoms with E-state index in [-0.39, 0.29) is 17.1 Å². The van der Waals surface area contributed by atoms with Crippen molar-refractivity contribution < 1.29 is 19.0 Å². The average molecular weight is 392 g/mol. The molecule has 0 aliphatic heterocycles. The molecule has 0 spiro atoms. The van der Waals surface area contributed by atoms with Crippen LogP contribution in [0, 0.1) is 28.5 Å². The number of fused-ring (bicyclic) bond motifs is 2. The number of aliphatic hydroxyl groups is 1. The Balaban J connectivity index is 2.00. The summed E-state index contributed by atoms with van der Waals surface area (Å²) in [5.74, 6) is -0.318. The number of carbonyl (C=O) groups is 1. The van der Waals surface area contributed by atoms with E-state index in [0.717, 1.165) is 25.8 Å². The molecular formula is C23H34FNO3. The van der Waals surface area contributed by atoms with Crippen molar-refractivity contribution in [1.82, 2.24) is 4.90 Å². The molecule has 1 N–H and O–H groups in total. The van der Waals surface area contributed by atoms with Crippen molar-refractivity contribution in [3.8, 4) is 5.75 Å². The van der Waals surface area contributed by atoms with Gasteiger partial charge in [-0.15, -0.1) is 0 Å². The first-order chi connectivity index (χ1) is 12.8. The largest absolute Gasteiger partial charge is 0.426 e. The maximum Gasteiger partial charge on any atom is 0.316 e. The molecule has 4 nitrogen and oxygen atoms in total. The van der Waals surface area contributed by atoms with E-state index < -0.39 is 22.8 Å². The van der Waals surface area contributed by atoms with Gasteiger partial charge in [-0.05, 0) is 89.6 Å². The van der Waals surface area contributed by atoms with Gasteiger partial charge >= 0.3 is 5.97 Å². The molecule has 0 heterocycles. The van der Waals surface area contributed by atoms with E-state index in [1.165, 1.54) is 12.1 Å². The molecule has 2 fully saturated rings. The SMILES string of the molecule is CN(C)CC1C2CCC(C)(C2)CC1(O)c1cc(F)cc(OC(=O)C(C)(C)C)c1. The van der Waals surface area contributed by atoms with Crippen LogP contribution in [0.1, 0.15) is 58.9 Å². The van der Waals surface area contributed by atoms with Crippen molar-refractivity contribution in [2.45, 2.75) is 59.0 Å². The summed E-state index contributed by atoms with van der Waals surface area (Å²) >= 11 is 0. The number of halogens is 1. The summed E-state index contributed by atoms with van der Waals surface area (Å²) in [6.45, 7) is 8.25. The Kier molecular flexibility index (Phi) is 5.39. The lowest BCUT2D eigenvalue weighted by Gasteiger charge is -2.49. The van der Waals surface area contributed by atoms with E-state index in [9.17, 15) is 14.3 Å². The third kappa shape index (κ3) is 4.11. The van der Waals surface area contributed by atoms with Gasteiger partial charge in [0, 0.05) is 18.5 Å². The van der Waals surface area contributed by atoms with Gasteiger partial charge in [-0.1, -0.05) is 6.92 Å². The van der Waals surface area contributed by atoms with Crippen LogP contribution in [-0.4, -0.2) is 36.6 Å². The molecule has 156 valence electrons. The third-order valence-electron chi connectivity index (χ3n) is 6.51. The van der Waals surface area contributed by atoms with E-state index in [2.05, 4.69) is 11.8 Å². The molecule has 2 aliphatic carbocycles. The highest BCUT2D eigenvalue weighted by molar-refractivity contribution is 5.77. The zero-order chi connectivity index (χ0) is 20.9. The molecule has 1 aromatic rings. The summed E-state index contributed by atoms with van der Waals surface area (Å²) in [7, 11) is 4.01. The van der Waals surface area contributed by atoms with Gasteiger partial charge in [0.15, 0.2) is 0 Å². The third-order valence-corrected chi connectivity index (χ3v) is 6.51. The Morgan fingerprint density at radius 1 is 1.32 bits per heavy atom. The first-order valence-corrected chi connectivity index (χ1v) is 10.2. The van der Waals surface area contributed by atoms with Crippen molar-refractivity contribution in [3.63, 3.8) is 0 Å². The number of benzene rings is 1. The predicted molar refractivity (Wildman–Crippen MR) is 107 cm³/mol. The Bertz CT molecular complexity index is 757. The topological polar surface area (TPSA) is 49.8 Å². The smallest absolute Gasteiger partial charge is 0.316 e. The molecule has 4 atom stereocenters. The number of hydrogen-bond donors (Lipinski definition) is 1. The molecule has 0 radical (unpaired) electrons. The lowest BCUT2D eigenvalue weighted by atomic mass is 9.61. The van der Waals surface area contributed by atoms with Gasteiger partial charge in [0.2, 0.25) is 0 Å². The summed E-state index contributed by atoms with van der Waals surface area (Å²) < 4.78 is 19.9. The van der Waals surface area contributed by atoms with E-state index in [1.807, 2.05) is 14.1 Å². The van der Waals surface area contributed by atoms with Crippen LogP contribution >= 0.6 is 0 Å². The second kappa shape index (κ2) is 7.10. The Hall–Kier alpha value is -1.46. The van der Waals surface area contributed by atoms with Crippen LogP contribution in [0.15, 0.2) is 18.2 Å². The van der Waals surface area contributed by atoms with Crippen LogP contribution in [0.25, 0.3) is 0 Å². The first kappa shape index (κ1) is 21.3. The van der Waals surface area contributed by atoms with Crippen LogP contribution in [0.3, 0.4) is 0 Å². The summed E-state index contributed by atoms with van der Waals surface area (Å²) in [4.78, 5) is 14.4. The highest BCUT2D eigenvalue weighted by Gasteiger charge is 2.56. The fraction of sp³-hybridized carbons (Fsp3) is 0.696. The summed E-state index contributed by atoms with van der Waals surface area (Å²) in [6, 6.07) is 4.28. The monoisotopic (exact) mass is 391 g/mol. The van der Waals surface area contributed by atoms with Crippen LogP contribution in [-0.2, 0) is 10.4 Å². The predicted octanol–water partition coefficient (Wildman–Crippen LogP) is 4.35. The summed E-state index contributed by atoms with van der Waals surface area (Å²) in [5.41, 5.74) is -1.23. The minimum atomic E-state index is -1.14. The van der Waals surface area contributed by atoms with E-state index >= 15 is 0 Å². The van der Waals surface area contributed by atoms with Crippen molar-refractivity contribution in [2.75, 3.05) is 20.6 Å². The number of ether oxygens (including phenoxy) is 1. The van der Waals surface area contributed by atoms with E-state index in [1.54, 1.807) is 26.8 Å². The van der Waals surface area contributed by atoms with Gasteiger partial charge in [-0.3, -0.25) is 4.79 Å². The second-order valence-electron chi connectivity index (χ2n) is 10.6. The van der Waals surface area contributed by atoms with Crippen molar-refractivity contribution in [2.24, 2.45) is 22.7 Å².